The third-order valence-electron chi connectivity index (χ3n) is 3.49. The number of hydrogen-bond acceptors (Lipinski definition) is 3. The van der Waals surface area contributed by atoms with E-state index in [2.05, 4.69) is 15.0 Å². The first kappa shape index (κ1) is 18.5. The van der Waals surface area contributed by atoms with Crippen molar-refractivity contribution >= 4 is 11.2 Å². The van der Waals surface area contributed by atoms with Crippen LogP contribution in [0.2, 0.25) is 0 Å². The maximum atomic E-state index is 13.0. The van der Waals surface area contributed by atoms with Gasteiger partial charge in [0.25, 0.3) is 0 Å². The van der Waals surface area contributed by atoms with Gasteiger partial charge in [-0.3, -0.25) is 0 Å². The Hall–Kier alpha value is -1.87. The van der Waals surface area contributed by atoms with Gasteiger partial charge in [-0.2, -0.15) is 26.3 Å². The molecule has 4 nitrogen and oxygen atoms in total. The predicted octanol–water partition coefficient (Wildman–Crippen LogP) is 4.83. The van der Waals surface area contributed by atoms with E-state index in [0.717, 1.165) is 32.0 Å². The summed E-state index contributed by atoms with van der Waals surface area (Å²) >= 11 is 0. The van der Waals surface area contributed by atoms with Gasteiger partial charge < -0.3 is 4.57 Å². The number of nitrogens with zero attached hydrogens (tertiary/aromatic N) is 4. The van der Waals surface area contributed by atoms with E-state index in [1.165, 1.54) is 4.57 Å². The van der Waals surface area contributed by atoms with Crippen molar-refractivity contribution in [3.05, 3.63) is 17.8 Å². The SMILES string of the molecule is CCCCCCCn1cnc2c(C(F)(F)F)nc(C(F)(F)F)nc21. The molecule has 2 heterocycles. The highest BCUT2D eigenvalue weighted by atomic mass is 19.4. The molecule has 0 bridgehead atoms. The third-order valence-corrected chi connectivity index (χ3v) is 3.49. The lowest BCUT2D eigenvalue weighted by atomic mass is 10.1. The van der Waals surface area contributed by atoms with Crippen LogP contribution in [0, 0.1) is 0 Å². The van der Waals surface area contributed by atoms with Gasteiger partial charge in [-0.15, -0.1) is 0 Å². The van der Waals surface area contributed by atoms with Crippen LogP contribution in [0.5, 0.6) is 0 Å². The zero-order valence-electron chi connectivity index (χ0n) is 12.9. The summed E-state index contributed by atoms with van der Waals surface area (Å²) in [6, 6.07) is 0. The summed E-state index contributed by atoms with van der Waals surface area (Å²) in [6.07, 6.45) is -4.55. The first-order valence-corrected chi connectivity index (χ1v) is 7.52. The fourth-order valence-electron chi connectivity index (χ4n) is 2.32. The number of alkyl halides is 6. The van der Waals surface area contributed by atoms with E-state index >= 15 is 0 Å². The number of halogens is 6. The van der Waals surface area contributed by atoms with Crippen molar-refractivity contribution in [2.45, 2.75) is 57.9 Å². The van der Waals surface area contributed by atoms with Crippen LogP contribution in [-0.4, -0.2) is 19.5 Å². The van der Waals surface area contributed by atoms with Crippen LogP contribution in [-0.2, 0) is 18.9 Å². The van der Waals surface area contributed by atoms with Gasteiger partial charge in [0.2, 0.25) is 5.82 Å². The molecule has 0 saturated heterocycles. The smallest absolute Gasteiger partial charge is 0.315 e. The van der Waals surface area contributed by atoms with E-state index in [1.807, 2.05) is 6.92 Å². The molecule has 0 aliphatic rings. The Kier molecular flexibility index (Phi) is 5.34. The van der Waals surface area contributed by atoms with E-state index in [-0.39, 0.29) is 6.54 Å². The molecule has 10 heteroatoms. The third kappa shape index (κ3) is 4.15. The van der Waals surface area contributed by atoms with E-state index in [0.29, 0.717) is 6.42 Å². The first-order chi connectivity index (χ1) is 11.1. The van der Waals surface area contributed by atoms with Gasteiger partial charge in [-0.1, -0.05) is 32.6 Å². The van der Waals surface area contributed by atoms with Crippen LogP contribution in [0.1, 0.15) is 50.5 Å². The standard InChI is InChI=1S/C14H16F6N4/c1-2-3-4-5-6-7-24-8-21-9-10(13(15,16)17)22-12(14(18,19)20)23-11(9)24/h8H,2-7H2,1H3. The zero-order chi connectivity index (χ0) is 18.0. The number of aromatic nitrogens is 4. The quantitative estimate of drug-likeness (QED) is 0.551. The number of aryl methyl sites for hydroxylation is 1. The average Bonchev–Trinajstić information content (AvgIpc) is 2.87. The minimum atomic E-state index is -5.07. The summed E-state index contributed by atoms with van der Waals surface area (Å²) in [5.74, 6) is -1.81. The maximum Gasteiger partial charge on any atom is 0.451 e. The molecule has 0 spiro atoms. The maximum absolute atomic E-state index is 13.0. The molecule has 2 aromatic rings. The summed E-state index contributed by atoms with van der Waals surface area (Å²) in [6.45, 7) is 2.30. The lowest BCUT2D eigenvalue weighted by Gasteiger charge is -2.11. The number of hydrogen-bond donors (Lipinski definition) is 0. The Balaban J connectivity index is 2.38. The summed E-state index contributed by atoms with van der Waals surface area (Å²) in [4.78, 5) is 9.47. The number of fused-ring (bicyclic) bond motifs is 1. The summed E-state index contributed by atoms with van der Waals surface area (Å²) < 4.78 is 78.5. The fraction of sp³-hybridized carbons (Fsp3) is 0.643. The minimum absolute atomic E-state index is 0.256. The second kappa shape index (κ2) is 6.94. The topological polar surface area (TPSA) is 43.6 Å². The summed E-state index contributed by atoms with van der Waals surface area (Å²) in [5, 5.41) is 0. The highest BCUT2D eigenvalue weighted by molar-refractivity contribution is 5.74. The van der Waals surface area contributed by atoms with Crippen LogP contribution in [0.4, 0.5) is 26.3 Å². The van der Waals surface area contributed by atoms with Gasteiger partial charge in [0.1, 0.15) is 5.52 Å². The predicted molar refractivity (Wildman–Crippen MR) is 74.1 cm³/mol. The monoisotopic (exact) mass is 354 g/mol. The Bertz CT molecular complexity index is 689. The van der Waals surface area contributed by atoms with Crippen molar-refractivity contribution in [2.75, 3.05) is 0 Å². The fourth-order valence-corrected chi connectivity index (χ4v) is 2.32. The zero-order valence-corrected chi connectivity index (χ0v) is 12.9. The molecule has 0 aliphatic heterocycles. The molecule has 0 radical (unpaired) electrons. The normalized spacial score (nSPS) is 13.0. The van der Waals surface area contributed by atoms with Crippen molar-refractivity contribution in [2.24, 2.45) is 0 Å². The number of rotatable bonds is 6. The molecule has 0 atom stereocenters. The molecule has 0 saturated carbocycles. The molecule has 134 valence electrons. The lowest BCUT2D eigenvalue weighted by molar-refractivity contribution is -0.151. The van der Waals surface area contributed by atoms with Gasteiger partial charge in [0, 0.05) is 6.54 Å². The van der Waals surface area contributed by atoms with Gasteiger partial charge in [-0.05, 0) is 6.42 Å². The van der Waals surface area contributed by atoms with E-state index in [9.17, 15) is 26.3 Å². The molecular formula is C14H16F6N4. The molecule has 0 aliphatic carbocycles. The highest BCUT2D eigenvalue weighted by Gasteiger charge is 2.42. The van der Waals surface area contributed by atoms with Crippen LogP contribution >= 0.6 is 0 Å². The van der Waals surface area contributed by atoms with Crippen molar-refractivity contribution in [1.82, 2.24) is 19.5 Å². The van der Waals surface area contributed by atoms with Crippen LogP contribution in [0.3, 0.4) is 0 Å². The Morgan fingerprint density at radius 1 is 0.917 bits per heavy atom. The van der Waals surface area contributed by atoms with Crippen molar-refractivity contribution < 1.29 is 26.3 Å². The van der Waals surface area contributed by atoms with Crippen LogP contribution in [0.25, 0.3) is 11.2 Å². The van der Waals surface area contributed by atoms with Crippen LogP contribution < -0.4 is 0 Å². The molecule has 0 fully saturated rings. The minimum Gasteiger partial charge on any atom is -0.315 e. The van der Waals surface area contributed by atoms with E-state index < -0.39 is 35.0 Å². The van der Waals surface area contributed by atoms with Crippen LogP contribution in [0.15, 0.2) is 6.33 Å². The molecule has 0 amide bonds. The number of imidazole rings is 1. The Labute approximate surface area is 133 Å². The molecule has 2 aromatic heterocycles. The largest absolute Gasteiger partial charge is 0.451 e. The molecule has 0 unspecified atom stereocenters. The molecular weight excluding hydrogens is 338 g/mol. The summed E-state index contributed by atoms with van der Waals surface area (Å²) in [5.41, 5.74) is -2.77. The highest BCUT2D eigenvalue weighted by Crippen LogP contribution is 2.35. The Morgan fingerprint density at radius 3 is 2.17 bits per heavy atom. The second-order valence-corrected chi connectivity index (χ2v) is 5.42. The average molecular weight is 354 g/mol. The van der Waals surface area contributed by atoms with Crippen molar-refractivity contribution in [3.8, 4) is 0 Å². The summed E-state index contributed by atoms with van der Waals surface area (Å²) in [7, 11) is 0. The number of unbranched alkanes of at least 4 members (excludes halogenated alkanes) is 4. The molecule has 0 aromatic carbocycles. The first-order valence-electron chi connectivity index (χ1n) is 7.52. The molecule has 24 heavy (non-hydrogen) atoms. The van der Waals surface area contributed by atoms with E-state index in [4.69, 9.17) is 0 Å². The molecule has 2 rings (SSSR count). The Morgan fingerprint density at radius 2 is 1.58 bits per heavy atom. The van der Waals surface area contributed by atoms with Gasteiger partial charge in [0.15, 0.2) is 11.3 Å². The van der Waals surface area contributed by atoms with Gasteiger partial charge >= 0.3 is 12.4 Å². The molecule has 0 N–H and O–H groups in total. The van der Waals surface area contributed by atoms with Crippen molar-refractivity contribution in [1.29, 1.82) is 0 Å². The van der Waals surface area contributed by atoms with Gasteiger partial charge in [0.05, 0.1) is 6.33 Å². The van der Waals surface area contributed by atoms with Gasteiger partial charge in [-0.25, -0.2) is 15.0 Å². The second-order valence-electron chi connectivity index (χ2n) is 5.42. The lowest BCUT2D eigenvalue weighted by Crippen LogP contribution is -2.18. The van der Waals surface area contributed by atoms with E-state index in [1.54, 1.807) is 0 Å². The van der Waals surface area contributed by atoms with Crippen molar-refractivity contribution in [3.63, 3.8) is 0 Å².